The van der Waals surface area contributed by atoms with E-state index in [0.29, 0.717) is 13.2 Å². The highest BCUT2D eigenvalue weighted by molar-refractivity contribution is 5.79. The number of benzene rings is 1. The number of rotatable bonds is 12. The van der Waals surface area contributed by atoms with Crippen molar-refractivity contribution in [3.8, 4) is 11.5 Å². The normalized spacial score (nSPS) is 11.3. The lowest BCUT2D eigenvalue weighted by Crippen LogP contribution is -2.39. The molecule has 0 amide bonds. The van der Waals surface area contributed by atoms with Crippen molar-refractivity contribution in [3.05, 3.63) is 23.8 Å². The molecule has 2 N–H and O–H groups in total. The van der Waals surface area contributed by atoms with Crippen LogP contribution >= 0.6 is 0 Å². The van der Waals surface area contributed by atoms with Crippen LogP contribution in [0.1, 0.15) is 32.8 Å². The Bertz CT molecular complexity index is 507. The van der Waals surface area contributed by atoms with E-state index in [1.165, 1.54) is 5.56 Å². The second kappa shape index (κ2) is 13.4. The van der Waals surface area contributed by atoms with Gasteiger partial charge in [0.2, 0.25) is 0 Å². The summed E-state index contributed by atoms with van der Waals surface area (Å²) in [4.78, 5) is 4.23. The first-order valence-electron chi connectivity index (χ1n) is 9.15. The number of guanidine groups is 1. The van der Waals surface area contributed by atoms with Gasteiger partial charge in [-0.3, -0.25) is 4.99 Å². The molecule has 0 aliphatic heterocycles. The van der Waals surface area contributed by atoms with Gasteiger partial charge < -0.3 is 24.8 Å². The van der Waals surface area contributed by atoms with Crippen LogP contribution in [0, 0.1) is 0 Å². The Labute approximate surface area is 152 Å². The number of aliphatic imine (C=N–C) groups is 1. The minimum atomic E-state index is 0.625. The second-order valence-corrected chi connectivity index (χ2v) is 5.37. The van der Waals surface area contributed by atoms with Gasteiger partial charge in [-0.1, -0.05) is 6.07 Å². The van der Waals surface area contributed by atoms with Gasteiger partial charge in [-0.05, 0) is 51.3 Å². The summed E-state index contributed by atoms with van der Waals surface area (Å²) in [6.07, 6.45) is 1.84. The average Bonchev–Trinajstić information content (AvgIpc) is 2.62. The third-order valence-corrected chi connectivity index (χ3v) is 3.50. The lowest BCUT2D eigenvalue weighted by Gasteiger charge is -2.14. The van der Waals surface area contributed by atoms with Crippen LogP contribution < -0.4 is 20.1 Å². The molecule has 0 saturated carbocycles. The fraction of sp³-hybridized carbons (Fsp3) is 0.632. The third kappa shape index (κ3) is 8.63. The molecule has 0 bridgehead atoms. The largest absolute Gasteiger partial charge is 0.490 e. The molecule has 0 aromatic heterocycles. The summed E-state index contributed by atoms with van der Waals surface area (Å²) in [5.74, 6) is 2.42. The van der Waals surface area contributed by atoms with Gasteiger partial charge in [0, 0.05) is 33.4 Å². The summed E-state index contributed by atoms with van der Waals surface area (Å²) in [5.41, 5.74) is 1.20. The third-order valence-electron chi connectivity index (χ3n) is 3.50. The van der Waals surface area contributed by atoms with Crippen molar-refractivity contribution in [2.75, 3.05) is 46.6 Å². The van der Waals surface area contributed by atoms with Gasteiger partial charge in [0.15, 0.2) is 17.5 Å². The highest BCUT2D eigenvalue weighted by Gasteiger charge is 2.06. The highest BCUT2D eigenvalue weighted by atomic mass is 16.5. The Morgan fingerprint density at radius 2 is 1.68 bits per heavy atom. The molecule has 25 heavy (non-hydrogen) atoms. The van der Waals surface area contributed by atoms with Crippen molar-refractivity contribution in [3.63, 3.8) is 0 Å². The summed E-state index contributed by atoms with van der Waals surface area (Å²) in [6.45, 7) is 10.4. The molecule has 142 valence electrons. The maximum Gasteiger partial charge on any atom is 0.190 e. The fourth-order valence-corrected chi connectivity index (χ4v) is 2.32. The Hall–Kier alpha value is -1.95. The zero-order valence-corrected chi connectivity index (χ0v) is 16.1. The van der Waals surface area contributed by atoms with Crippen LogP contribution in [0.5, 0.6) is 11.5 Å². The van der Waals surface area contributed by atoms with Gasteiger partial charge in [0.25, 0.3) is 0 Å². The molecule has 0 aliphatic rings. The summed E-state index contributed by atoms with van der Waals surface area (Å²) in [5, 5.41) is 6.61. The molecule has 6 nitrogen and oxygen atoms in total. The number of nitrogens with zero attached hydrogens (tertiary/aromatic N) is 1. The minimum absolute atomic E-state index is 0.625. The standard InChI is InChI=1S/C19H33N3O3/c1-5-23-14-8-12-21-19(20-4)22-13-11-16-9-10-17(24-6-2)18(15-16)25-7-3/h9-10,15H,5-8,11-14H2,1-4H3,(H2,20,21,22). The molecule has 0 saturated heterocycles. The Balaban J connectivity index is 2.42. The van der Waals surface area contributed by atoms with Crippen molar-refractivity contribution in [1.82, 2.24) is 10.6 Å². The first-order valence-corrected chi connectivity index (χ1v) is 9.15. The van der Waals surface area contributed by atoms with Crippen LogP contribution in [0.3, 0.4) is 0 Å². The van der Waals surface area contributed by atoms with Gasteiger partial charge in [-0.2, -0.15) is 0 Å². The monoisotopic (exact) mass is 351 g/mol. The Morgan fingerprint density at radius 3 is 2.36 bits per heavy atom. The molecule has 0 radical (unpaired) electrons. The van der Waals surface area contributed by atoms with Crippen LogP contribution in [0.4, 0.5) is 0 Å². The molecule has 0 spiro atoms. The van der Waals surface area contributed by atoms with E-state index in [1.807, 2.05) is 26.8 Å². The van der Waals surface area contributed by atoms with Gasteiger partial charge in [0.05, 0.1) is 13.2 Å². The van der Waals surface area contributed by atoms with E-state index in [-0.39, 0.29) is 0 Å². The van der Waals surface area contributed by atoms with Gasteiger partial charge in [0.1, 0.15) is 0 Å². The SMILES string of the molecule is CCOCCCNC(=NC)NCCc1ccc(OCC)c(OCC)c1. The van der Waals surface area contributed by atoms with E-state index >= 15 is 0 Å². The quantitative estimate of drug-likeness (QED) is 0.344. The van der Waals surface area contributed by atoms with Crippen LogP contribution in [-0.4, -0.2) is 52.5 Å². The maximum atomic E-state index is 5.67. The van der Waals surface area contributed by atoms with E-state index in [2.05, 4.69) is 27.8 Å². The maximum absolute atomic E-state index is 5.67. The van der Waals surface area contributed by atoms with Gasteiger partial charge >= 0.3 is 0 Å². The van der Waals surface area contributed by atoms with Crippen molar-refractivity contribution < 1.29 is 14.2 Å². The van der Waals surface area contributed by atoms with Crippen LogP contribution in [0.25, 0.3) is 0 Å². The molecular formula is C19H33N3O3. The van der Waals surface area contributed by atoms with E-state index in [9.17, 15) is 0 Å². The predicted molar refractivity (Wildman–Crippen MR) is 103 cm³/mol. The van der Waals surface area contributed by atoms with Crippen molar-refractivity contribution >= 4 is 5.96 Å². The summed E-state index contributed by atoms with van der Waals surface area (Å²) in [7, 11) is 1.78. The smallest absolute Gasteiger partial charge is 0.190 e. The Kier molecular flexibility index (Phi) is 11.3. The van der Waals surface area contributed by atoms with Crippen molar-refractivity contribution in [2.45, 2.75) is 33.6 Å². The molecule has 6 heteroatoms. The van der Waals surface area contributed by atoms with Crippen molar-refractivity contribution in [2.24, 2.45) is 4.99 Å². The lowest BCUT2D eigenvalue weighted by atomic mass is 10.1. The molecule has 0 heterocycles. The topological polar surface area (TPSA) is 64.1 Å². The zero-order chi connectivity index (χ0) is 18.3. The highest BCUT2D eigenvalue weighted by Crippen LogP contribution is 2.28. The molecule has 1 aromatic rings. The predicted octanol–water partition coefficient (Wildman–Crippen LogP) is 2.62. The number of hydrogen-bond donors (Lipinski definition) is 2. The number of nitrogens with one attached hydrogen (secondary N) is 2. The van der Waals surface area contributed by atoms with Crippen LogP contribution in [-0.2, 0) is 11.2 Å². The van der Waals surface area contributed by atoms with E-state index in [0.717, 1.165) is 56.6 Å². The van der Waals surface area contributed by atoms with Crippen LogP contribution in [0.2, 0.25) is 0 Å². The first-order chi connectivity index (χ1) is 12.2. The minimum Gasteiger partial charge on any atom is -0.490 e. The molecule has 1 rings (SSSR count). The van der Waals surface area contributed by atoms with E-state index in [1.54, 1.807) is 7.05 Å². The van der Waals surface area contributed by atoms with E-state index in [4.69, 9.17) is 14.2 Å². The fourth-order valence-electron chi connectivity index (χ4n) is 2.32. The summed E-state index contributed by atoms with van der Waals surface area (Å²) >= 11 is 0. The molecular weight excluding hydrogens is 318 g/mol. The molecule has 0 atom stereocenters. The number of hydrogen-bond acceptors (Lipinski definition) is 4. The lowest BCUT2D eigenvalue weighted by molar-refractivity contribution is 0.145. The molecule has 1 aromatic carbocycles. The van der Waals surface area contributed by atoms with Gasteiger partial charge in [-0.15, -0.1) is 0 Å². The molecule has 0 aliphatic carbocycles. The molecule has 0 unspecified atom stereocenters. The summed E-state index contributed by atoms with van der Waals surface area (Å²) < 4.78 is 16.6. The second-order valence-electron chi connectivity index (χ2n) is 5.37. The van der Waals surface area contributed by atoms with Crippen molar-refractivity contribution in [1.29, 1.82) is 0 Å². The summed E-state index contributed by atoms with van der Waals surface area (Å²) in [6, 6.07) is 6.10. The number of ether oxygens (including phenoxy) is 3. The van der Waals surface area contributed by atoms with E-state index < -0.39 is 0 Å². The Morgan fingerprint density at radius 1 is 0.960 bits per heavy atom. The first kappa shape index (κ1) is 21.1. The van der Waals surface area contributed by atoms with Crippen LogP contribution in [0.15, 0.2) is 23.2 Å². The average molecular weight is 351 g/mol. The zero-order valence-electron chi connectivity index (χ0n) is 16.1. The van der Waals surface area contributed by atoms with Gasteiger partial charge in [-0.25, -0.2) is 0 Å². The molecule has 0 fully saturated rings.